The van der Waals surface area contributed by atoms with E-state index < -0.39 is 0 Å². The lowest BCUT2D eigenvalue weighted by molar-refractivity contribution is 0.0558. The van der Waals surface area contributed by atoms with Gasteiger partial charge >= 0.3 is 6.09 Å². The van der Waals surface area contributed by atoms with Gasteiger partial charge in [-0.3, -0.25) is 4.90 Å². The highest BCUT2D eigenvalue weighted by Gasteiger charge is 2.32. The molecule has 0 aromatic rings. The third kappa shape index (κ3) is 2.84. The summed E-state index contributed by atoms with van der Waals surface area (Å²) >= 11 is 0. The summed E-state index contributed by atoms with van der Waals surface area (Å²) in [5, 5.41) is 0. The van der Waals surface area contributed by atoms with Crippen LogP contribution in [0.25, 0.3) is 0 Å². The highest BCUT2D eigenvalue weighted by atomic mass is 16.6. The Balaban J connectivity index is 1.74. The largest absolute Gasteiger partial charge is 0.447 e. The highest BCUT2D eigenvalue weighted by Crippen LogP contribution is 2.27. The molecular formula is C11H20N2O2. The highest BCUT2D eigenvalue weighted by molar-refractivity contribution is 5.67. The van der Waals surface area contributed by atoms with Crippen molar-refractivity contribution in [3.8, 4) is 0 Å². The van der Waals surface area contributed by atoms with Crippen LogP contribution in [0.1, 0.15) is 26.7 Å². The fourth-order valence-electron chi connectivity index (χ4n) is 1.99. The molecule has 1 aliphatic heterocycles. The van der Waals surface area contributed by atoms with Crippen LogP contribution >= 0.6 is 0 Å². The number of ether oxygens (including phenoxy) is 1. The van der Waals surface area contributed by atoms with Crippen molar-refractivity contribution >= 4 is 6.09 Å². The van der Waals surface area contributed by atoms with Crippen LogP contribution < -0.4 is 0 Å². The fourth-order valence-corrected chi connectivity index (χ4v) is 1.99. The van der Waals surface area contributed by atoms with Crippen molar-refractivity contribution in [1.29, 1.82) is 0 Å². The lowest BCUT2D eigenvalue weighted by Crippen LogP contribution is -2.49. The van der Waals surface area contributed by atoms with Crippen molar-refractivity contribution in [2.24, 2.45) is 0 Å². The maximum Gasteiger partial charge on any atom is 0.410 e. The van der Waals surface area contributed by atoms with Gasteiger partial charge in [-0.15, -0.1) is 0 Å². The van der Waals surface area contributed by atoms with Crippen molar-refractivity contribution in [3.63, 3.8) is 0 Å². The molecule has 0 spiro atoms. The zero-order valence-electron chi connectivity index (χ0n) is 9.61. The van der Waals surface area contributed by atoms with Crippen LogP contribution in [0.4, 0.5) is 4.79 Å². The molecule has 1 heterocycles. The molecule has 0 N–H and O–H groups in total. The number of nitrogens with zero attached hydrogens (tertiary/aromatic N) is 2. The van der Waals surface area contributed by atoms with Gasteiger partial charge in [0.05, 0.1) is 6.10 Å². The molecule has 0 atom stereocenters. The fraction of sp³-hybridized carbons (Fsp3) is 0.909. The van der Waals surface area contributed by atoms with Crippen LogP contribution in [0.3, 0.4) is 0 Å². The number of amides is 1. The SMILES string of the molecule is CC(C)OC(=O)N1CCN(C2CC2)CC1. The zero-order valence-corrected chi connectivity index (χ0v) is 9.61. The second-order valence-electron chi connectivity index (χ2n) is 4.69. The van der Waals surface area contributed by atoms with Crippen LogP contribution in [0, 0.1) is 0 Å². The van der Waals surface area contributed by atoms with E-state index in [1.807, 2.05) is 18.7 Å². The smallest absolute Gasteiger partial charge is 0.410 e. The molecule has 4 heteroatoms. The summed E-state index contributed by atoms with van der Waals surface area (Å²) in [6, 6.07) is 0.813. The first-order chi connectivity index (χ1) is 7.16. The predicted octanol–water partition coefficient (Wildman–Crippen LogP) is 1.31. The number of carbonyl (C=O) groups excluding carboxylic acids is 1. The number of rotatable bonds is 2. The topological polar surface area (TPSA) is 32.8 Å². The minimum atomic E-state index is -0.152. The standard InChI is InChI=1S/C11H20N2O2/c1-9(2)15-11(14)13-7-5-12(6-8-13)10-3-4-10/h9-10H,3-8H2,1-2H3. The number of piperazine rings is 1. The van der Waals surface area contributed by atoms with E-state index in [0.717, 1.165) is 32.2 Å². The molecule has 0 aromatic carbocycles. The van der Waals surface area contributed by atoms with Gasteiger partial charge < -0.3 is 9.64 Å². The summed E-state index contributed by atoms with van der Waals surface area (Å²) < 4.78 is 5.17. The van der Waals surface area contributed by atoms with Gasteiger partial charge in [-0.2, -0.15) is 0 Å². The predicted molar refractivity (Wildman–Crippen MR) is 57.8 cm³/mol. The van der Waals surface area contributed by atoms with Crippen LogP contribution in [0.15, 0.2) is 0 Å². The quantitative estimate of drug-likeness (QED) is 0.692. The molecule has 0 radical (unpaired) electrons. The second kappa shape index (κ2) is 4.39. The average molecular weight is 212 g/mol. The first kappa shape index (κ1) is 10.7. The van der Waals surface area contributed by atoms with E-state index in [0.29, 0.717) is 0 Å². The number of carbonyl (C=O) groups is 1. The molecule has 2 aliphatic rings. The van der Waals surface area contributed by atoms with Gasteiger partial charge in [-0.1, -0.05) is 0 Å². The molecule has 1 saturated carbocycles. The number of hydrogen-bond acceptors (Lipinski definition) is 3. The normalized spacial score (nSPS) is 23.3. The molecule has 1 amide bonds. The maximum absolute atomic E-state index is 11.6. The Labute approximate surface area is 91.2 Å². The third-order valence-electron chi connectivity index (χ3n) is 2.97. The molecule has 0 unspecified atom stereocenters. The molecule has 15 heavy (non-hydrogen) atoms. The van der Waals surface area contributed by atoms with Crippen LogP contribution in [-0.2, 0) is 4.74 Å². The average Bonchev–Trinajstić information content (AvgIpc) is 3.00. The molecule has 4 nitrogen and oxygen atoms in total. The molecule has 2 rings (SSSR count). The first-order valence-electron chi connectivity index (χ1n) is 5.86. The Morgan fingerprint density at radius 2 is 1.80 bits per heavy atom. The molecule has 1 aliphatic carbocycles. The first-order valence-corrected chi connectivity index (χ1v) is 5.86. The van der Waals surface area contributed by atoms with Crippen LogP contribution in [0.2, 0.25) is 0 Å². The lowest BCUT2D eigenvalue weighted by Gasteiger charge is -2.34. The van der Waals surface area contributed by atoms with Gasteiger partial charge in [0.2, 0.25) is 0 Å². The second-order valence-corrected chi connectivity index (χ2v) is 4.69. The lowest BCUT2D eigenvalue weighted by atomic mass is 10.3. The zero-order chi connectivity index (χ0) is 10.8. The Morgan fingerprint density at radius 1 is 1.20 bits per heavy atom. The molecule has 0 bridgehead atoms. The van der Waals surface area contributed by atoms with E-state index >= 15 is 0 Å². The van der Waals surface area contributed by atoms with Crippen LogP contribution in [-0.4, -0.2) is 54.2 Å². The van der Waals surface area contributed by atoms with E-state index in [1.165, 1.54) is 12.8 Å². The molecule has 1 saturated heterocycles. The third-order valence-corrected chi connectivity index (χ3v) is 2.97. The Bertz CT molecular complexity index is 231. The van der Waals surface area contributed by atoms with Gasteiger partial charge in [0, 0.05) is 32.2 Å². The van der Waals surface area contributed by atoms with E-state index in [2.05, 4.69) is 4.90 Å². The van der Waals surface area contributed by atoms with Crippen molar-refractivity contribution < 1.29 is 9.53 Å². The minimum absolute atomic E-state index is 0.0149. The summed E-state index contributed by atoms with van der Waals surface area (Å²) in [5.41, 5.74) is 0. The summed E-state index contributed by atoms with van der Waals surface area (Å²) in [4.78, 5) is 15.9. The molecule has 2 fully saturated rings. The van der Waals surface area contributed by atoms with E-state index in [-0.39, 0.29) is 12.2 Å². The van der Waals surface area contributed by atoms with Crippen molar-refractivity contribution in [2.75, 3.05) is 26.2 Å². The molecular weight excluding hydrogens is 192 g/mol. The minimum Gasteiger partial charge on any atom is -0.447 e. The van der Waals surface area contributed by atoms with Crippen LogP contribution in [0.5, 0.6) is 0 Å². The van der Waals surface area contributed by atoms with Gasteiger partial charge in [0.15, 0.2) is 0 Å². The Kier molecular flexibility index (Phi) is 3.14. The van der Waals surface area contributed by atoms with Gasteiger partial charge in [0.25, 0.3) is 0 Å². The van der Waals surface area contributed by atoms with Gasteiger partial charge in [0.1, 0.15) is 0 Å². The Morgan fingerprint density at radius 3 is 2.27 bits per heavy atom. The van der Waals surface area contributed by atoms with Crippen molar-refractivity contribution in [3.05, 3.63) is 0 Å². The van der Waals surface area contributed by atoms with Gasteiger partial charge in [-0.05, 0) is 26.7 Å². The Hall–Kier alpha value is -0.770. The number of hydrogen-bond donors (Lipinski definition) is 0. The van der Waals surface area contributed by atoms with E-state index in [9.17, 15) is 4.79 Å². The summed E-state index contributed by atoms with van der Waals surface area (Å²) in [6.07, 6.45) is 2.52. The summed E-state index contributed by atoms with van der Waals surface area (Å²) in [5.74, 6) is 0. The summed E-state index contributed by atoms with van der Waals surface area (Å²) in [6.45, 7) is 7.44. The van der Waals surface area contributed by atoms with Crippen molar-refractivity contribution in [2.45, 2.75) is 38.8 Å². The summed E-state index contributed by atoms with van der Waals surface area (Å²) in [7, 11) is 0. The van der Waals surface area contributed by atoms with E-state index in [1.54, 1.807) is 0 Å². The molecule has 86 valence electrons. The monoisotopic (exact) mass is 212 g/mol. The van der Waals surface area contributed by atoms with Crippen molar-refractivity contribution in [1.82, 2.24) is 9.80 Å². The van der Waals surface area contributed by atoms with Gasteiger partial charge in [-0.25, -0.2) is 4.79 Å². The molecule has 0 aromatic heterocycles. The van der Waals surface area contributed by atoms with E-state index in [4.69, 9.17) is 4.74 Å². The maximum atomic E-state index is 11.6.